The quantitative estimate of drug-likeness (QED) is 0.585. The van der Waals surface area contributed by atoms with Gasteiger partial charge in [0.05, 0.1) is 30.1 Å². The highest BCUT2D eigenvalue weighted by molar-refractivity contribution is 6.36. The maximum absolute atomic E-state index is 12.5. The van der Waals surface area contributed by atoms with Crippen molar-refractivity contribution < 1.29 is 14.3 Å². The van der Waals surface area contributed by atoms with E-state index in [-0.39, 0.29) is 18.2 Å². The van der Waals surface area contributed by atoms with Crippen molar-refractivity contribution in [1.82, 2.24) is 4.90 Å². The summed E-state index contributed by atoms with van der Waals surface area (Å²) in [5.41, 5.74) is 1.22. The van der Waals surface area contributed by atoms with E-state index < -0.39 is 0 Å². The van der Waals surface area contributed by atoms with Gasteiger partial charge >= 0.3 is 0 Å². The van der Waals surface area contributed by atoms with Crippen LogP contribution in [-0.2, 0) is 17.9 Å². The summed E-state index contributed by atoms with van der Waals surface area (Å²) in [6.45, 7) is 0.895. The monoisotopic (exact) mass is 404 g/mol. The summed E-state index contributed by atoms with van der Waals surface area (Å²) in [6.07, 6.45) is 1.58. The molecule has 0 bridgehead atoms. The number of phenols is 1. The van der Waals surface area contributed by atoms with Crippen LogP contribution in [0.5, 0.6) is 5.75 Å². The third-order valence-corrected chi connectivity index (χ3v) is 4.47. The number of hydrogen-bond donors (Lipinski definition) is 2. The maximum atomic E-state index is 12.5. The normalized spacial score (nSPS) is 10.9. The third kappa shape index (κ3) is 5.50. The Labute approximate surface area is 167 Å². The van der Waals surface area contributed by atoms with Gasteiger partial charge in [0.1, 0.15) is 11.5 Å². The lowest BCUT2D eigenvalue weighted by atomic mass is 10.2. The van der Waals surface area contributed by atoms with Crippen LogP contribution >= 0.6 is 23.2 Å². The molecule has 0 saturated heterocycles. The summed E-state index contributed by atoms with van der Waals surface area (Å²) in [5, 5.41) is 13.7. The van der Waals surface area contributed by atoms with Gasteiger partial charge in [-0.2, -0.15) is 0 Å². The molecule has 2 aromatic carbocycles. The molecule has 0 spiro atoms. The molecule has 0 aliphatic carbocycles. The Kier molecular flexibility index (Phi) is 6.40. The average molecular weight is 405 g/mol. The van der Waals surface area contributed by atoms with E-state index in [9.17, 15) is 9.90 Å². The predicted octanol–water partition coefficient (Wildman–Crippen LogP) is 4.93. The van der Waals surface area contributed by atoms with Crippen LogP contribution in [0.3, 0.4) is 0 Å². The highest BCUT2D eigenvalue weighted by Gasteiger charge is 2.16. The zero-order chi connectivity index (χ0) is 19.2. The van der Waals surface area contributed by atoms with Crippen molar-refractivity contribution >= 4 is 34.8 Å². The van der Waals surface area contributed by atoms with Crippen molar-refractivity contribution in [2.75, 3.05) is 11.9 Å². The van der Waals surface area contributed by atoms with E-state index in [1.54, 1.807) is 42.7 Å². The predicted molar refractivity (Wildman–Crippen MR) is 106 cm³/mol. The minimum Gasteiger partial charge on any atom is -0.508 e. The number of benzene rings is 2. The molecular formula is C20H18Cl2N2O3. The molecule has 2 N–H and O–H groups in total. The van der Waals surface area contributed by atoms with E-state index in [4.69, 9.17) is 27.6 Å². The van der Waals surface area contributed by atoms with Gasteiger partial charge in [-0.15, -0.1) is 0 Å². The van der Waals surface area contributed by atoms with Crippen molar-refractivity contribution in [2.24, 2.45) is 0 Å². The van der Waals surface area contributed by atoms with Gasteiger partial charge in [0.2, 0.25) is 5.91 Å². The number of nitrogens with one attached hydrogen (secondary N) is 1. The van der Waals surface area contributed by atoms with E-state index >= 15 is 0 Å². The molecule has 27 heavy (non-hydrogen) atoms. The number of carbonyl (C=O) groups excluding carboxylic acids is 1. The lowest BCUT2D eigenvalue weighted by Crippen LogP contribution is -2.32. The zero-order valence-corrected chi connectivity index (χ0v) is 15.9. The number of halogens is 2. The first kappa shape index (κ1) is 19.3. The van der Waals surface area contributed by atoms with Crippen LogP contribution in [-0.4, -0.2) is 22.5 Å². The fourth-order valence-electron chi connectivity index (χ4n) is 2.66. The van der Waals surface area contributed by atoms with Crippen LogP contribution in [0.25, 0.3) is 0 Å². The molecule has 3 rings (SSSR count). The molecule has 0 saturated carbocycles. The van der Waals surface area contributed by atoms with Crippen molar-refractivity contribution in [3.63, 3.8) is 0 Å². The Morgan fingerprint density at radius 2 is 1.89 bits per heavy atom. The number of nitrogens with zero attached hydrogens (tertiary/aromatic N) is 1. The summed E-state index contributed by atoms with van der Waals surface area (Å²) in [5.74, 6) is 0.673. The molecule has 0 unspecified atom stereocenters. The lowest BCUT2D eigenvalue weighted by molar-refractivity contribution is -0.117. The molecule has 1 heterocycles. The molecule has 0 atom stereocenters. The standard InChI is InChI=1S/C20H18Cl2N2O3/c21-15-7-8-18(17(22)10-15)23-20(26)13-24(12-16-5-3-9-27-16)11-14-4-1-2-6-19(14)25/h1-10,25H,11-13H2,(H,23,26). The first-order chi connectivity index (χ1) is 13.0. The number of phenolic OH excluding ortho intramolecular Hbond substituents is 1. The second-order valence-corrected chi connectivity index (χ2v) is 6.87. The number of para-hydroxylation sites is 1. The molecule has 140 valence electrons. The van der Waals surface area contributed by atoms with Crippen LogP contribution in [0.2, 0.25) is 10.0 Å². The van der Waals surface area contributed by atoms with Crippen LogP contribution < -0.4 is 5.32 Å². The highest BCUT2D eigenvalue weighted by Crippen LogP contribution is 2.25. The minimum atomic E-state index is -0.235. The summed E-state index contributed by atoms with van der Waals surface area (Å²) in [7, 11) is 0. The summed E-state index contributed by atoms with van der Waals surface area (Å²) >= 11 is 12.0. The average Bonchev–Trinajstić information content (AvgIpc) is 3.12. The lowest BCUT2D eigenvalue weighted by Gasteiger charge is -2.21. The molecule has 3 aromatic rings. The highest BCUT2D eigenvalue weighted by atomic mass is 35.5. The summed E-state index contributed by atoms with van der Waals surface area (Å²) in [6, 6.07) is 15.5. The molecule has 1 amide bonds. The summed E-state index contributed by atoms with van der Waals surface area (Å²) < 4.78 is 5.39. The van der Waals surface area contributed by atoms with Crippen LogP contribution in [0.4, 0.5) is 5.69 Å². The number of hydrogen-bond acceptors (Lipinski definition) is 4. The third-order valence-electron chi connectivity index (χ3n) is 3.92. The molecule has 5 nitrogen and oxygen atoms in total. The van der Waals surface area contributed by atoms with Crippen molar-refractivity contribution in [3.05, 3.63) is 82.2 Å². The minimum absolute atomic E-state index is 0.0913. The smallest absolute Gasteiger partial charge is 0.238 e. The maximum Gasteiger partial charge on any atom is 0.238 e. The molecule has 7 heteroatoms. The van der Waals surface area contributed by atoms with Gasteiger partial charge in [-0.3, -0.25) is 9.69 Å². The summed E-state index contributed by atoms with van der Waals surface area (Å²) in [4.78, 5) is 14.4. The van der Waals surface area contributed by atoms with E-state index in [1.807, 2.05) is 23.1 Å². The first-order valence-corrected chi connectivity index (χ1v) is 9.03. The largest absolute Gasteiger partial charge is 0.508 e. The Hall–Kier alpha value is -2.47. The van der Waals surface area contributed by atoms with Crippen LogP contribution in [0, 0.1) is 0 Å². The van der Waals surface area contributed by atoms with Crippen molar-refractivity contribution in [3.8, 4) is 5.75 Å². The van der Waals surface area contributed by atoms with Gasteiger partial charge in [0.25, 0.3) is 0 Å². The SMILES string of the molecule is O=C(CN(Cc1ccco1)Cc1ccccc1O)Nc1ccc(Cl)cc1Cl. The second-order valence-electron chi connectivity index (χ2n) is 6.03. The van der Waals surface area contributed by atoms with Gasteiger partial charge in [-0.1, -0.05) is 41.4 Å². The first-order valence-electron chi connectivity index (χ1n) is 8.28. The Morgan fingerprint density at radius 3 is 2.59 bits per heavy atom. The fourth-order valence-corrected chi connectivity index (χ4v) is 3.12. The second kappa shape index (κ2) is 8.95. The van der Waals surface area contributed by atoms with Gasteiger partial charge in [-0.25, -0.2) is 0 Å². The zero-order valence-electron chi connectivity index (χ0n) is 14.4. The molecular weight excluding hydrogens is 387 g/mol. The molecule has 0 fully saturated rings. The van der Waals surface area contributed by atoms with E-state index in [0.29, 0.717) is 28.8 Å². The Bertz CT molecular complexity index is 913. The van der Waals surface area contributed by atoms with E-state index in [2.05, 4.69) is 5.32 Å². The number of carbonyl (C=O) groups is 1. The molecule has 0 radical (unpaired) electrons. The van der Waals surface area contributed by atoms with Gasteiger partial charge < -0.3 is 14.8 Å². The topological polar surface area (TPSA) is 65.7 Å². The Morgan fingerprint density at radius 1 is 1.07 bits per heavy atom. The fraction of sp³-hybridized carbons (Fsp3) is 0.150. The number of anilines is 1. The van der Waals surface area contributed by atoms with Gasteiger partial charge in [0.15, 0.2) is 0 Å². The van der Waals surface area contributed by atoms with Gasteiger partial charge in [0, 0.05) is 17.1 Å². The van der Waals surface area contributed by atoms with E-state index in [0.717, 1.165) is 11.3 Å². The van der Waals surface area contributed by atoms with E-state index in [1.165, 1.54) is 0 Å². The molecule has 0 aliphatic heterocycles. The van der Waals surface area contributed by atoms with Crippen LogP contribution in [0.15, 0.2) is 65.3 Å². The van der Waals surface area contributed by atoms with Crippen molar-refractivity contribution in [1.29, 1.82) is 0 Å². The Balaban J connectivity index is 1.71. The molecule has 0 aliphatic rings. The number of rotatable bonds is 7. The number of amides is 1. The van der Waals surface area contributed by atoms with Crippen LogP contribution in [0.1, 0.15) is 11.3 Å². The number of furan rings is 1. The van der Waals surface area contributed by atoms with Crippen molar-refractivity contribution in [2.45, 2.75) is 13.1 Å². The molecule has 1 aromatic heterocycles. The number of aromatic hydroxyl groups is 1. The van der Waals surface area contributed by atoms with Gasteiger partial charge in [-0.05, 0) is 36.4 Å².